The zero-order valence-electron chi connectivity index (χ0n) is 13.0. The van der Waals surface area contributed by atoms with Crippen LogP contribution in [0.2, 0.25) is 0 Å². The van der Waals surface area contributed by atoms with Crippen LogP contribution in [0.15, 0.2) is 30.3 Å². The highest BCUT2D eigenvalue weighted by Gasteiger charge is 2.42. The number of nitrogens with one attached hydrogen (secondary N) is 2. The highest BCUT2D eigenvalue weighted by atomic mass is 32.2. The van der Waals surface area contributed by atoms with Crippen LogP contribution in [0.5, 0.6) is 0 Å². The summed E-state index contributed by atoms with van der Waals surface area (Å²) >= 11 is 1.91. The lowest BCUT2D eigenvalue weighted by molar-refractivity contribution is -0.145. The Hall–Kier alpha value is -1.69. The number of carbonyl (C=O) groups excluding carboxylic acids is 2. The molecule has 2 N–H and O–H groups in total. The Bertz CT molecular complexity index is 552. The fourth-order valence-corrected chi connectivity index (χ4v) is 4.61. The summed E-state index contributed by atoms with van der Waals surface area (Å²) in [6.07, 6.45) is 3.31. The molecule has 3 atom stereocenters. The van der Waals surface area contributed by atoms with Gasteiger partial charge >= 0.3 is 12.0 Å². The fraction of sp³-hybridized carbons (Fsp3) is 0.529. The van der Waals surface area contributed by atoms with Crippen LogP contribution < -0.4 is 10.6 Å². The first-order valence-corrected chi connectivity index (χ1v) is 9.15. The number of benzene rings is 1. The van der Waals surface area contributed by atoms with Crippen molar-refractivity contribution in [2.75, 3.05) is 5.75 Å². The van der Waals surface area contributed by atoms with E-state index in [2.05, 4.69) is 10.6 Å². The molecule has 5 nitrogen and oxygen atoms in total. The van der Waals surface area contributed by atoms with Crippen LogP contribution in [0.3, 0.4) is 0 Å². The van der Waals surface area contributed by atoms with Crippen LogP contribution in [0, 0.1) is 0 Å². The first-order valence-electron chi connectivity index (χ1n) is 8.10. The van der Waals surface area contributed by atoms with Gasteiger partial charge in [0.05, 0.1) is 12.1 Å². The predicted molar refractivity (Wildman–Crippen MR) is 90.2 cm³/mol. The molecule has 0 radical (unpaired) electrons. The van der Waals surface area contributed by atoms with E-state index in [-0.39, 0.29) is 24.1 Å². The first-order chi connectivity index (χ1) is 11.2. The molecule has 124 valence electrons. The smallest absolute Gasteiger partial charge is 0.315 e. The highest BCUT2D eigenvalue weighted by Crippen LogP contribution is 2.33. The van der Waals surface area contributed by atoms with E-state index in [4.69, 9.17) is 4.74 Å². The summed E-state index contributed by atoms with van der Waals surface area (Å²) in [6.45, 7) is 0.347. The summed E-state index contributed by atoms with van der Waals surface area (Å²) in [7, 11) is 0. The Morgan fingerprint density at radius 2 is 2.04 bits per heavy atom. The molecule has 1 aromatic carbocycles. The molecule has 2 aliphatic heterocycles. The molecule has 2 fully saturated rings. The van der Waals surface area contributed by atoms with E-state index in [1.807, 2.05) is 42.1 Å². The van der Waals surface area contributed by atoms with Crippen molar-refractivity contribution in [3.8, 4) is 0 Å². The van der Waals surface area contributed by atoms with Crippen molar-refractivity contribution in [1.29, 1.82) is 0 Å². The van der Waals surface area contributed by atoms with Crippen molar-refractivity contribution < 1.29 is 14.3 Å². The molecule has 2 aliphatic rings. The molecule has 0 saturated carbocycles. The zero-order chi connectivity index (χ0) is 16.1. The maximum atomic E-state index is 11.7. The van der Waals surface area contributed by atoms with E-state index in [1.54, 1.807) is 0 Å². The molecule has 0 aliphatic carbocycles. The van der Waals surface area contributed by atoms with Gasteiger partial charge in [-0.3, -0.25) is 4.79 Å². The highest BCUT2D eigenvalue weighted by molar-refractivity contribution is 8.00. The number of amides is 2. The maximum Gasteiger partial charge on any atom is 0.315 e. The summed E-state index contributed by atoms with van der Waals surface area (Å²) in [5, 5.41) is 6.39. The van der Waals surface area contributed by atoms with Gasteiger partial charge in [0, 0.05) is 17.4 Å². The number of fused-ring (bicyclic) bond motifs is 1. The number of esters is 1. The second-order valence-electron chi connectivity index (χ2n) is 6.01. The third-order valence-corrected chi connectivity index (χ3v) is 5.81. The number of hydrogen-bond donors (Lipinski definition) is 2. The van der Waals surface area contributed by atoms with Gasteiger partial charge in [0.25, 0.3) is 0 Å². The molecule has 2 heterocycles. The maximum absolute atomic E-state index is 11.7. The van der Waals surface area contributed by atoms with Crippen LogP contribution in [-0.4, -0.2) is 35.1 Å². The molecule has 0 bridgehead atoms. The summed E-state index contributed by atoms with van der Waals surface area (Å²) in [4.78, 5) is 23.1. The van der Waals surface area contributed by atoms with Crippen LogP contribution in [0.25, 0.3) is 0 Å². The molecule has 0 aromatic heterocycles. The number of carbonyl (C=O) groups is 2. The summed E-state index contributed by atoms with van der Waals surface area (Å²) < 4.78 is 5.27. The van der Waals surface area contributed by atoms with Crippen molar-refractivity contribution >= 4 is 23.8 Å². The number of ether oxygens (including phenoxy) is 1. The van der Waals surface area contributed by atoms with E-state index >= 15 is 0 Å². The van der Waals surface area contributed by atoms with Gasteiger partial charge in [0.2, 0.25) is 0 Å². The van der Waals surface area contributed by atoms with Gasteiger partial charge in [-0.05, 0) is 18.4 Å². The third-order valence-electron chi connectivity index (χ3n) is 4.30. The van der Waals surface area contributed by atoms with E-state index in [0.717, 1.165) is 30.6 Å². The SMILES string of the molecule is O=C1N[C@H]2[C@H](CS[C@H]2CCCCC(=O)OCc2ccccc2)N1. The molecule has 2 amide bonds. The quantitative estimate of drug-likeness (QED) is 0.457. The van der Waals surface area contributed by atoms with Crippen molar-refractivity contribution in [3.63, 3.8) is 0 Å². The van der Waals surface area contributed by atoms with Gasteiger partial charge < -0.3 is 15.4 Å². The Kier molecular flexibility index (Phi) is 5.43. The molecule has 23 heavy (non-hydrogen) atoms. The van der Waals surface area contributed by atoms with E-state index in [9.17, 15) is 9.59 Å². The fourth-order valence-electron chi connectivity index (χ4n) is 3.07. The number of urea groups is 1. The number of hydrogen-bond acceptors (Lipinski definition) is 4. The van der Waals surface area contributed by atoms with Gasteiger partial charge in [-0.15, -0.1) is 0 Å². The molecular weight excluding hydrogens is 312 g/mol. The van der Waals surface area contributed by atoms with Gasteiger partial charge in [0.1, 0.15) is 6.61 Å². The number of unbranched alkanes of at least 4 members (excludes halogenated alkanes) is 1. The lowest BCUT2D eigenvalue weighted by Gasteiger charge is -2.16. The minimum absolute atomic E-state index is 0.0465. The summed E-state index contributed by atoms with van der Waals surface area (Å²) in [5.74, 6) is 0.842. The Morgan fingerprint density at radius 3 is 2.87 bits per heavy atom. The summed E-state index contributed by atoms with van der Waals surface area (Å²) in [5.41, 5.74) is 1.01. The number of thioether (sulfide) groups is 1. The molecule has 0 unspecified atom stereocenters. The molecule has 1 aromatic rings. The lowest BCUT2D eigenvalue weighted by atomic mass is 10.0. The largest absolute Gasteiger partial charge is 0.461 e. The number of rotatable bonds is 7. The predicted octanol–water partition coefficient (Wildman–Crippen LogP) is 2.46. The minimum Gasteiger partial charge on any atom is -0.461 e. The zero-order valence-corrected chi connectivity index (χ0v) is 13.8. The normalized spacial score (nSPS) is 25.6. The second-order valence-corrected chi connectivity index (χ2v) is 7.29. The Morgan fingerprint density at radius 1 is 1.22 bits per heavy atom. The Balaban J connectivity index is 1.29. The van der Waals surface area contributed by atoms with Crippen LogP contribution in [0.1, 0.15) is 31.2 Å². The van der Waals surface area contributed by atoms with Crippen LogP contribution in [-0.2, 0) is 16.1 Å². The second kappa shape index (κ2) is 7.73. The van der Waals surface area contributed by atoms with E-state index in [0.29, 0.717) is 18.3 Å². The molecular formula is C17H22N2O3S. The minimum atomic E-state index is -0.137. The van der Waals surface area contributed by atoms with E-state index in [1.165, 1.54) is 0 Å². The van der Waals surface area contributed by atoms with Crippen molar-refractivity contribution in [2.45, 2.75) is 49.6 Å². The molecule has 6 heteroatoms. The molecule has 0 spiro atoms. The van der Waals surface area contributed by atoms with Crippen molar-refractivity contribution in [1.82, 2.24) is 10.6 Å². The van der Waals surface area contributed by atoms with Crippen LogP contribution in [0.4, 0.5) is 4.79 Å². The Labute approximate surface area is 140 Å². The average molecular weight is 334 g/mol. The standard InChI is InChI=1S/C17H22N2O3S/c20-15(22-10-12-6-2-1-3-7-12)9-5-4-8-14-16-13(11-23-14)18-17(21)19-16/h1-3,6-7,13-14,16H,4-5,8-11H2,(H2,18,19,21)/t13-,14-,16-/m0/s1. The van der Waals surface area contributed by atoms with E-state index < -0.39 is 0 Å². The van der Waals surface area contributed by atoms with Gasteiger partial charge in [-0.25, -0.2) is 4.79 Å². The van der Waals surface area contributed by atoms with Gasteiger partial charge in [-0.1, -0.05) is 36.8 Å². The molecule has 3 rings (SSSR count). The topological polar surface area (TPSA) is 67.4 Å². The van der Waals surface area contributed by atoms with Crippen molar-refractivity contribution in [3.05, 3.63) is 35.9 Å². The summed E-state index contributed by atoms with van der Waals surface area (Å²) in [6, 6.07) is 10.2. The average Bonchev–Trinajstić information content (AvgIpc) is 3.10. The van der Waals surface area contributed by atoms with Gasteiger partial charge in [0.15, 0.2) is 0 Å². The third kappa shape index (κ3) is 4.41. The first kappa shape index (κ1) is 16.2. The monoisotopic (exact) mass is 334 g/mol. The molecule has 2 saturated heterocycles. The lowest BCUT2D eigenvalue weighted by Crippen LogP contribution is -2.36. The van der Waals surface area contributed by atoms with Crippen LogP contribution >= 0.6 is 11.8 Å². The van der Waals surface area contributed by atoms with Gasteiger partial charge in [-0.2, -0.15) is 11.8 Å². The van der Waals surface area contributed by atoms with Crippen molar-refractivity contribution in [2.24, 2.45) is 0 Å².